The number of carbonyl (C=O) groups excluding carboxylic acids is 1. The Hall–Kier alpha value is -1.51. The molecule has 2 aromatic rings. The third-order valence-electron chi connectivity index (χ3n) is 4.34. The predicted octanol–water partition coefficient (Wildman–Crippen LogP) is 5.09. The Labute approximate surface area is 147 Å². The Morgan fingerprint density at radius 1 is 1.00 bits per heavy atom. The van der Waals surface area contributed by atoms with Crippen LogP contribution in [0.15, 0.2) is 48.5 Å². The van der Waals surface area contributed by atoms with Gasteiger partial charge in [0.25, 0.3) is 5.91 Å². The minimum absolute atomic E-state index is 0.0995. The molecule has 1 atom stereocenters. The molecule has 2 aromatic carbocycles. The summed E-state index contributed by atoms with van der Waals surface area (Å²) in [4.78, 5) is 14.6. The molecule has 1 aliphatic heterocycles. The van der Waals surface area contributed by atoms with Crippen molar-refractivity contribution in [2.45, 2.75) is 19.3 Å². The highest BCUT2D eigenvalue weighted by molar-refractivity contribution is 6.30. The van der Waals surface area contributed by atoms with Crippen LogP contribution in [0.1, 0.15) is 28.8 Å². The van der Waals surface area contributed by atoms with Crippen LogP contribution in [0.3, 0.4) is 0 Å². The summed E-state index contributed by atoms with van der Waals surface area (Å²) >= 11 is 11.8. The Balaban J connectivity index is 1.64. The molecule has 0 aromatic heterocycles. The van der Waals surface area contributed by atoms with Crippen molar-refractivity contribution in [3.8, 4) is 0 Å². The van der Waals surface area contributed by atoms with Gasteiger partial charge in [-0.3, -0.25) is 4.79 Å². The second-order valence-electron chi connectivity index (χ2n) is 6.10. The van der Waals surface area contributed by atoms with Crippen LogP contribution in [0.4, 0.5) is 0 Å². The first kappa shape index (κ1) is 16.4. The lowest BCUT2D eigenvalue weighted by molar-refractivity contribution is 0.0673. The molecule has 0 N–H and O–H groups in total. The van der Waals surface area contributed by atoms with E-state index >= 15 is 0 Å². The van der Waals surface area contributed by atoms with Crippen LogP contribution in [0.25, 0.3) is 0 Å². The van der Waals surface area contributed by atoms with Crippen molar-refractivity contribution in [1.29, 1.82) is 0 Å². The summed E-state index contributed by atoms with van der Waals surface area (Å²) in [6.45, 7) is 1.64. The maximum atomic E-state index is 12.6. The van der Waals surface area contributed by atoms with Gasteiger partial charge in [-0.1, -0.05) is 35.3 Å². The van der Waals surface area contributed by atoms with Crippen molar-refractivity contribution in [1.82, 2.24) is 4.90 Å². The normalized spacial score (nSPS) is 18.0. The van der Waals surface area contributed by atoms with Crippen molar-refractivity contribution in [3.63, 3.8) is 0 Å². The summed E-state index contributed by atoms with van der Waals surface area (Å²) in [6.07, 6.45) is 3.20. The number of halogens is 2. The third kappa shape index (κ3) is 4.27. The van der Waals surface area contributed by atoms with Crippen LogP contribution in [0.5, 0.6) is 0 Å². The molecule has 2 nitrogen and oxygen atoms in total. The van der Waals surface area contributed by atoms with Crippen LogP contribution in [0.2, 0.25) is 10.0 Å². The molecule has 0 spiro atoms. The van der Waals surface area contributed by atoms with Crippen LogP contribution >= 0.6 is 23.2 Å². The van der Waals surface area contributed by atoms with E-state index in [1.54, 1.807) is 24.3 Å². The molecule has 120 valence electrons. The van der Waals surface area contributed by atoms with Crippen LogP contribution < -0.4 is 0 Å². The second-order valence-corrected chi connectivity index (χ2v) is 6.97. The fraction of sp³-hybridized carbons (Fsp3) is 0.316. The number of amides is 1. The minimum Gasteiger partial charge on any atom is -0.338 e. The molecule has 1 fully saturated rings. The lowest BCUT2D eigenvalue weighted by atomic mass is 9.91. The van der Waals surface area contributed by atoms with Gasteiger partial charge in [-0.25, -0.2) is 0 Å². The zero-order chi connectivity index (χ0) is 16.2. The maximum absolute atomic E-state index is 12.6. The molecule has 0 saturated carbocycles. The molecule has 1 aliphatic rings. The topological polar surface area (TPSA) is 20.3 Å². The fourth-order valence-electron chi connectivity index (χ4n) is 3.15. The van der Waals surface area contributed by atoms with E-state index in [1.165, 1.54) is 5.56 Å². The molecule has 0 aliphatic carbocycles. The summed E-state index contributed by atoms with van der Waals surface area (Å²) in [5.41, 5.74) is 1.99. The summed E-state index contributed by atoms with van der Waals surface area (Å²) in [5.74, 6) is 0.601. The van der Waals surface area contributed by atoms with E-state index in [0.717, 1.165) is 37.4 Å². The Kier molecular flexibility index (Phi) is 5.24. The van der Waals surface area contributed by atoms with E-state index < -0.39 is 0 Å². The number of benzene rings is 2. The predicted molar refractivity (Wildman–Crippen MR) is 95.2 cm³/mol. The lowest BCUT2D eigenvalue weighted by Crippen LogP contribution is -2.40. The first-order valence-corrected chi connectivity index (χ1v) is 8.67. The summed E-state index contributed by atoms with van der Waals surface area (Å²) in [7, 11) is 0. The second kappa shape index (κ2) is 7.37. The molecule has 0 radical (unpaired) electrons. The van der Waals surface area contributed by atoms with Gasteiger partial charge in [-0.05, 0) is 67.1 Å². The zero-order valence-electron chi connectivity index (χ0n) is 12.8. The number of nitrogens with zero attached hydrogens (tertiary/aromatic N) is 1. The third-order valence-corrected chi connectivity index (χ3v) is 4.84. The number of hydrogen-bond acceptors (Lipinski definition) is 1. The molecule has 1 unspecified atom stereocenters. The van der Waals surface area contributed by atoms with Gasteiger partial charge in [0.15, 0.2) is 0 Å². The summed E-state index contributed by atoms with van der Waals surface area (Å²) in [5, 5.41) is 1.41. The number of carbonyl (C=O) groups is 1. The highest BCUT2D eigenvalue weighted by atomic mass is 35.5. The monoisotopic (exact) mass is 347 g/mol. The van der Waals surface area contributed by atoms with E-state index in [9.17, 15) is 4.79 Å². The van der Waals surface area contributed by atoms with E-state index in [1.807, 2.05) is 17.0 Å². The Morgan fingerprint density at radius 3 is 2.26 bits per heavy atom. The Bertz CT molecular complexity index is 667. The van der Waals surface area contributed by atoms with E-state index in [-0.39, 0.29) is 5.91 Å². The molecular weight excluding hydrogens is 329 g/mol. The molecule has 23 heavy (non-hydrogen) atoms. The van der Waals surface area contributed by atoms with Crippen molar-refractivity contribution in [2.75, 3.05) is 13.1 Å². The van der Waals surface area contributed by atoms with Gasteiger partial charge >= 0.3 is 0 Å². The van der Waals surface area contributed by atoms with Gasteiger partial charge in [0.05, 0.1) is 0 Å². The molecule has 1 amide bonds. The maximum Gasteiger partial charge on any atom is 0.253 e. The SMILES string of the molecule is O=C(c1ccc(Cl)cc1)N1CCCC(Cc2ccc(Cl)cc2)C1. The van der Waals surface area contributed by atoms with E-state index in [2.05, 4.69) is 12.1 Å². The fourth-order valence-corrected chi connectivity index (χ4v) is 3.40. The molecule has 0 bridgehead atoms. The van der Waals surface area contributed by atoms with Crippen molar-refractivity contribution in [3.05, 3.63) is 69.7 Å². The summed E-state index contributed by atoms with van der Waals surface area (Å²) in [6, 6.07) is 15.1. The quantitative estimate of drug-likeness (QED) is 0.757. The van der Waals surface area contributed by atoms with E-state index in [4.69, 9.17) is 23.2 Å². The Morgan fingerprint density at radius 2 is 1.61 bits per heavy atom. The van der Waals surface area contributed by atoms with Crippen LogP contribution in [-0.2, 0) is 6.42 Å². The highest BCUT2D eigenvalue weighted by Gasteiger charge is 2.24. The van der Waals surface area contributed by atoms with Gasteiger partial charge in [-0.15, -0.1) is 0 Å². The van der Waals surface area contributed by atoms with E-state index in [0.29, 0.717) is 16.5 Å². The first-order valence-electron chi connectivity index (χ1n) is 7.91. The number of rotatable bonds is 3. The first-order chi connectivity index (χ1) is 11.1. The number of hydrogen-bond donors (Lipinski definition) is 0. The molecule has 1 heterocycles. The smallest absolute Gasteiger partial charge is 0.253 e. The largest absolute Gasteiger partial charge is 0.338 e. The van der Waals surface area contributed by atoms with Crippen LogP contribution in [-0.4, -0.2) is 23.9 Å². The number of likely N-dealkylation sites (tertiary alicyclic amines) is 1. The molecule has 3 rings (SSSR count). The highest BCUT2D eigenvalue weighted by Crippen LogP contribution is 2.23. The number of piperidine rings is 1. The van der Waals surface area contributed by atoms with Crippen molar-refractivity contribution < 1.29 is 4.79 Å². The van der Waals surface area contributed by atoms with Gasteiger partial charge in [0, 0.05) is 28.7 Å². The zero-order valence-corrected chi connectivity index (χ0v) is 14.4. The minimum atomic E-state index is 0.0995. The van der Waals surface area contributed by atoms with Gasteiger partial charge < -0.3 is 4.90 Å². The van der Waals surface area contributed by atoms with Crippen molar-refractivity contribution in [2.24, 2.45) is 5.92 Å². The standard InChI is InChI=1S/C19H19Cl2NO/c20-17-7-3-14(4-8-17)12-15-2-1-11-22(13-15)19(23)16-5-9-18(21)10-6-16/h3-10,15H,1-2,11-13H2. The van der Waals surface area contributed by atoms with Crippen LogP contribution in [0, 0.1) is 5.92 Å². The lowest BCUT2D eigenvalue weighted by Gasteiger charge is -2.33. The molecule has 4 heteroatoms. The molecular formula is C19H19Cl2NO. The van der Waals surface area contributed by atoms with Gasteiger partial charge in [0.1, 0.15) is 0 Å². The average molecular weight is 348 g/mol. The van der Waals surface area contributed by atoms with Gasteiger partial charge in [0.2, 0.25) is 0 Å². The van der Waals surface area contributed by atoms with Gasteiger partial charge in [-0.2, -0.15) is 0 Å². The van der Waals surface area contributed by atoms with Crippen molar-refractivity contribution >= 4 is 29.1 Å². The average Bonchev–Trinajstić information content (AvgIpc) is 2.57. The molecule has 1 saturated heterocycles. The summed E-state index contributed by atoms with van der Waals surface area (Å²) < 4.78 is 0.